The summed E-state index contributed by atoms with van der Waals surface area (Å²) < 4.78 is 7.64. The lowest BCUT2D eigenvalue weighted by molar-refractivity contribution is -0.125. The third-order valence-electron chi connectivity index (χ3n) is 7.80. The van der Waals surface area contributed by atoms with Crippen LogP contribution >= 0.6 is 0 Å². The second-order valence-electron chi connectivity index (χ2n) is 10.6. The van der Waals surface area contributed by atoms with Gasteiger partial charge in [-0.3, -0.25) is 9.69 Å². The summed E-state index contributed by atoms with van der Waals surface area (Å²) in [5.74, 6) is 0.338. The second kappa shape index (κ2) is 11.1. The number of likely N-dealkylation sites (N-methyl/N-ethyl adjacent to an activating group) is 1. The first kappa shape index (κ1) is 26.5. The predicted octanol–water partition coefficient (Wildman–Crippen LogP) is 4.59. The molecule has 1 amide bonds. The molecule has 6 rings (SSSR count). The zero-order valence-electron chi connectivity index (χ0n) is 22.8. The van der Waals surface area contributed by atoms with E-state index in [0.29, 0.717) is 59.2 Å². The number of carboxylic acids is 1. The van der Waals surface area contributed by atoms with Crippen molar-refractivity contribution in [1.29, 1.82) is 0 Å². The maximum atomic E-state index is 13.0. The Morgan fingerprint density at radius 3 is 2.51 bits per heavy atom. The molecule has 2 fully saturated rings. The summed E-state index contributed by atoms with van der Waals surface area (Å²) >= 11 is 0. The van der Waals surface area contributed by atoms with Crippen molar-refractivity contribution in [3.05, 3.63) is 78.8 Å². The number of nitrogens with two attached hydrogens (primary N) is 1. The third-order valence-corrected chi connectivity index (χ3v) is 7.80. The number of para-hydroxylation sites is 1. The molecule has 2 aromatic carbocycles. The molecule has 41 heavy (non-hydrogen) atoms. The zero-order chi connectivity index (χ0) is 28.5. The van der Waals surface area contributed by atoms with Gasteiger partial charge in [-0.2, -0.15) is 0 Å². The molecule has 0 bridgehead atoms. The number of anilines is 1. The summed E-state index contributed by atoms with van der Waals surface area (Å²) in [4.78, 5) is 38.4. The number of nitrogen functional groups attached to an aromatic ring is 1. The fourth-order valence-electron chi connectivity index (χ4n) is 5.56. The van der Waals surface area contributed by atoms with Gasteiger partial charge in [0.25, 0.3) is 0 Å². The van der Waals surface area contributed by atoms with E-state index < -0.39 is 5.97 Å². The van der Waals surface area contributed by atoms with Crippen molar-refractivity contribution in [1.82, 2.24) is 24.3 Å². The quantitative estimate of drug-likeness (QED) is 0.289. The Hall–Kier alpha value is -4.70. The molecule has 210 valence electrons. The maximum absolute atomic E-state index is 13.0. The van der Waals surface area contributed by atoms with Gasteiger partial charge in [-0.25, -0.2) is 14.8 Å². The molecule has 1 atom stereocenters. The van der Waals surface area contributed by atoms with Crippen molar-refractivity contribution in [2.45, 2.75) is 31.3 Å². The fourth-order valence-corrected chi connectivity index (χ4v) is 5.56. The maximum Gasteiger partial charge on any atom is 0.353 e. The van der Waals surface area contributed by atoms with Crippen LogP contribution in [-0.4, -0.2) is 74.0 Å². The van der Waals surface area contributed by atoms with Gasteiger partial charge in [0.05, 0.1) is 11.4 Å². The number of ether oxygens (including phenoxy) is 1. The minimum atomic E-state index is -1.10. The van der Waals surface area contributed by atoms with Crippen molar-refractivity contribution < 1.29 is 19.4 Å². The van der Waals surface area contributed by atoms with Gasteiger partial charge < -0.3 is 25.0 Å². The Morgan fingerprint density at radius 2 is 1.80 bits per heavy atom. The summed E-state index contributed by atoms with van der Waals surface area (Å²) in [7, 11) is 2.07. The molecule has 0 spiro atoms. The van der Waals surface area contributed by atoms with Gasteiger partial charge in [-0.05, 0) is 56.1 Å². The van der Waals surface area contributed by atoms with Crippen LogP contribution < -0.4 is 10.5 Å². The number of aromatic nitrogens is 3. The van der Waals surface area contributed by atoms with E-state index in [2.05, 4.69) is 21.9 Å². The lowest BCUT2D eigenvalue weighted by atomic mass is 10.0. The molecule has 2 aromatic heterocycles. The van der Waals surface area contributed by atoms with Crippen molar-refractivity contribution in [2.24, 2.45) is 0 Å². The number of aromatic carboxylic acids is 1. The molecule has 3 N–H and O–H groups in total. The smallest absolute Gasteiger partial charge is 0.353 e. The minimum absolute atomic E-state index is 0.0739. The second-order valence-corrected chi connectivity index (χ2v) is 10.6. The first-order valence-corrected chi connectivity index (χ1v) is 13.8. The Kier molecular flexibility index (Phi) is 7.15. The van der Waals surface area contributed by atoms with E-state index in [0.717, 1.165) is 6.54 Å². The largest absolute Gasteiger partial charge is 0.477 e. The number of rotatable bonds is 9. The van der Waals surface area contributed by atoms with E-state index in [-0.39, 0.29) is 23.5 Å². The van der Waals surface area contributed by atoms with Crippen molar-refractivity contribution in [3.63, 3.8) is 0 Å². The number of benzene rings is 2. The van der Waals surface area contributed by atoms with Crippen LogP contribution in [0.4, 0.5) is 5.82 Å². The average Bonchev–Trinajstić information content (AvgIpc) is 3.60. The summed E-state index contributed by atoms with van der Waals surface area (Å²) in [5.41, 5.74) is 7.95. The molecular weight excluding hydrogens is 520 g/mol. The Labute approximate surface area is 237 Å². The van der Waals surface area contributed by atoms with Crippen molar-refractivity contribution in [3.8, 4) is 22.6 Å². The third kappa shape index (κ3) is 5.38. The number of carboxylic acid groups (broad SMARTS) is 1. The molecule has 0 radical (unpaired) electrons. The SMILES string of the molecule is CN(C/C=C/C(=O)N1CC[C@@H](n2c(C(=O)O)c(-c3ccc(Oc4ccccc4)cc3)c3c(N)ncnc32)C1)C1CC1. The Morgan fingerprint density at radius 1 is 1.07 bits per heavy atom. The highest BCUT2D eigenvalue weighted by atomic mass is 16.5. The molecule has 2 aliphatic rings. The van der Waals surface area contributed by atoms with Gasteiger partial charge in [0.15, 0.2) is 0 Å². The number of fused-ring (bicyclic) bond motifs is 1. The molecule has 3 heterocycles. The van der Waals surface area contributed by atoms with Gasteiger partial charge in [0, 0.05) is 37.3 Å². The standard InChI is InChI=1S/C31H32N6O4/c1-35(21-11-12-21)16-5-8-25(38)36-17-15-22(18-36)37-28(31(39)40)26(27-29(32)33-19-34-30(27)37)20-9-13-24(14-10-20)41-23-6-3-2-4-7-23/h2-10,13-14,19,21-22H,11-12,15-18H2,1H3,(H,39,40)(H2,32,33,34)/b8-5+/t22-/m1/s1. The highest BCUT2D eigenvalue weighted by molar-refractivity contribution is 6.10. The number of carbonyl (C=O) groups excluding carboxylic acids is 1. The first-order chi connectivity index (χ1) is 19.9. The first-order valence-electron chi connectivity index (χ1n) is 13.8. The molecule has 0 unspecified atom stereocenters. The number of hydrogen-bond acceptors (Lipinski definition) is 7. The lowest BCUT2D eigenvalue weighted by Crippen LogP contribution is -2.28. The summed E-state index contributed by atoms with van der Waals surface area (Å²) in [6.07, 6.45) is 7.89. The Bertz CT molecular complexity index is 1610. The van der Waals surface area contributed by atoms with Crippen LogP contribution in [0.1, 0.15) is 35.8 Å². The number of nitrogens with zero attached hydrogens (tertiary/aromatic N) is 5. The number of hydrogen-bond donors (Lipinski definition) is 2. The summed E-state index contributed by atoms with van der Waals surface area (Å²) in [6.45, 7) is 1.62. The molecule has 4 aromatic rings. The van der Waals surface area contributed by atoms with Gasteiger partial charge in [-0.15, -0.1) is 0 Å². The Balaban J connectivity index is 1.31. The lowest BCUT2D eigenvalue weighted by Gasteiger charge is -2.18. The highest BCUT2D eigenvalue weighted by Crippen LogP contribution is 2.41. The van der Waals surface area contributed by atoms with Crippen LogP contribution in [0.15, 0.2) is 73.1 Å². The van der Waals surface area contributed by atoms with E-state index in [9.17, 15) is 14.7 Å². The molecule has 10 nitrogen and oxygen atoms in total. The van der Waals surface area contributed by atoms with Crippen LogP contribution in [0.5, 0.6) is 11.5 Å². The van der Waals surface area contributed by atoms with E-state index in [1.54, 1.807) is 27.7 Å². The minimum Gasteiger partial charge on any atom is -0.477 e. The molecular formula is C31H32N6O4. The highest BCUT2D eigenvalue weighted by Gasteiger charge is 2.34. The topological polar surface area (TPSA) is 127 Å². The number of carbonyl (C=O) groups is 2. The van der Waals surface area contributed by atoms with E-state index in [4.69, 9.17) is 10.5 Å². The number of amides is 1. The molecule has 1 saturated carbocycles. The summed E-state index contributed by atoms with van der Waals surface area (Å²) in [6, 6.07) is 17.0. The van der Waals surface area contributed by atoms with E-state index >= 15 is 0 Å². The molecule has 1 aliphatic carbocycles. The zero-order valence-corrected chi connectivity index (χ0v) is 22.8. The average molecular weight is 553 g/mol. The van der Waals surface area contributed by atoms with Gasteiger partial charge >= 0.3 is 5.97 Å². The van der Waals surface area contributed by atoms with Crippen LogP contribution in [0, 0.1) is 0 Å². The van der Waals surface area contributed by atoms with E-state index in [1.165, 1.54) is 19.2 Å². The summed E-state index contributed by atoms with van der Waals surface area (Å²) in [5, 5.41) is 11.0. The normalized spacial score (nSPS) is 17.1. The fraction of sp³-hybridized carbons (Fsp3) is 0.290. The predicted molar refractivity (Wildman–Crippen MR) is 156 cm³/mol. The van der Waals surface area contributed by atoms with Crippen LogP contribution in [-0.2, 0) is 4.79 Å². The molecule has 10 heteroatoms. The van der Waals surface area contributed by atoms with Gasteiger partial charge in [0.1, 0.15) is 35.0 Å². The van der Waals surface area contributed by atoms with Crippen molar-refractivity contribution in [2.75, 3.05) is 32.4 Å². The molecule has 1 saturated heterocycles. The van der Waals surface area contributed by atoms with Crippen LogP contribution in [0.25, 0.3) is 22.2 Å². The monoisotopic (exact) mass is 552 g/mol. The number of likely N-dealkylation sites (tertiary alicyclic amines) is 1. The van der Waals surface area contributed by atoms with Crippen LogP contribution in [0.3, 0.4) is 0 Å². The van der Waals surface area contributed by atoms with Gasteiger partial charge in [-0.1, -0.05) is 36.4 Å². The van der Waals surface area contributed by atoms with Crippen molar-refractivity contribution >= 4 is 28.7 Å². The van der Waals surface area contributed by atoms with Crippen LogP contribution in [0.2, 0.25) is 0 Å². The van der Waals surface area contributed by atoms with E-state index in [1.807, 2.05) is 48.5 Å². The van der Waals surface area contributed by atoms with Gasteiger partial charge in [0.2, 0.25) is 5.91 Å². The molecule has 1 aliphatic heterocycles.